The zero-order chi connectivity index (χ0) is 13.1. The van der Waals surface area contributed by atoms with E-state index < -0.39 is 6.10 Å². The van der Waals surface area contributed by atoms with Crippen molar-refractivity contribution in [1.82, 2.24) is 0 Å². The third-order valence-corrected chi connectivity index (χ3v) is 2.71. The Morgan fingerprint density at radius 1 is 1.35 bits per heavy atom. The molecule has 1 rings (SSSR count). The Labute approximate surface area is 104 Å². The molecular weight excluding hydrogens is 214 g/mol. The average molecular weight is 238 g/mol. The maximum Gasteiger partial charge on any atom is 0.136 e. The standard InChI is InChI=1S/C14H23NO2/c1-10-5-6-12(14(2,3)4)13(7-10)17-9-11(16)8-15/h5-7,11,16H,8-9,15H2,1-4H3/p+1/t11-/m1/s1. The van der Waals surface area contributed by atoms with Gasteiger partial charge in [0.05, 0.1) is 0 Å². The van der Waals surface area contributed by atoms with Crippen LogP contribution < -0.4 is 10.5 Å². The first kappa shape index (κ1) is 14.0. The molecule has 0 amide bonds. The largest absolute Gasteiger partial charge is 0.490 e. The van der Waals surface area contributed by atoms with Crippen LogP contribution in [0.2, 0.25) is 0 Å². The highest BCUT2D eigenvalue weighted by atomic mass is 16.5. The fraction of sp³-hybridized carbons (Fsp3) is 0.571. The zero-order valence-corrected chi connectivity index (χ0v) is 11.3. The van der Waals surface area contributed by atoms with E-state index in [1.807, 2.05) is 13.0 Å². The number of hydrogen-bond donors (Lipinski definition) is 2. The van der Waals surface area contributed by atoms with Crippen molar-refractivity contribution in [2.45, 2.75) is 39.2 Å². The van der Waals surface area contributed by atoms with Gasteiger partial charge in [-0.1, -0.05) is 32.9 Å². The van der Waals surface area contributed by atoms with Crippen LogP contribution in [0, 0.1) is 6.92 Å². The lowest BCUT2D eigenvalue weighted by atomic mass is 9.86. The summed E-state index contributed by atoms with van der Waals surface area (Å²) in [7, 11) is 0. The molecule has 0 saturated carbocycles. The van der Waals surface area contributed by atoms with Crippen molar-refractivity contribution in [3.8, 4) is 5.75 Å². The van der Waals surface area contributed by atoms with Gasteiger partial charge in [-0.2, -0.15) is 0 Å². The number of benzene rings is 1. The second kappa shape index (κ2) is 5.52. The fourth-order valence-electron chi connectivity index (χ4n) is 1.64. The van der Waals surface area contributed by atoms with E-state index in [4.69, 9.17) is 4.74 Å². The van der Waals surface area contributed by atoms with Crippen LogP contribution in [0.25, 0.3) is 0 Å². The molecule has 0 fully saturated rings. The van der Waals surface area contributed by atoms with Gasteiger partial charge in [0, 0.05) is 0 Å². The molecule has 1 aromatic rings. The van der Waals surface area contributed by atoms with Gasteiger partial charge >= 0.3 is 0 Å². The normalized spacial score (nSPS) is 13.5. The molecule has 0 bridgehead atoms. The van der Waals surface area contributed by atoms with Crippen LogP contribution in [-0.2, 0) is 5.41 Å². The van der Waals surface area contributed by atoms with Gasteiger partial charge in [0.25, 0.3) is 0 Å². The Hall–Kier alpha value is -1.06. The van der Waals surface area contributed by atoms with E-state index in [0.717, 1.165) is 11.3 Å². The van der Waals surface area contributed by atoms with E-state index in [-0.39, 0.29) is 5.41 Å². The van der Waals surface area contributed by atoms with Crippen molar-refractivity contribution in [3.63, 3.8) is 0 Å². The van der Waals surface area contributed by atoms with Gasteiger partial charge < -0.3 is 15.6 Å². The van der Waals surface area contributed by atoms with Gasteiger partial charge in [0.1, 0.15) is 25.0 Å². The Kier molecular flexibility index (Phi) is 4.54. The fourth-order valence-corrected chi connectivity index (χ4v) is 1.64. The average Bonchev–Trinajstić information content (AvgIpc) is 2.24. The predicted octanol–water partition coefficient (Wildman–Crippen LogP) is 1.27. The van der Waals surface area contributed by atoms with E-state index in [1.165, 1.54) is 5.56 Å². The highest BCUT2D eigenvalue weighted by Crippen LogP contribution is 2.32. The van der Waals surface area contributed by atoms with Gasteiger partial charge in [-0.05, 0) is 29.5 Å². The molecule has 4 N–H and O–H groups in total. The van der Waals surface area contributed by atoms with Crippen molar-refractivity contribution < 1.29 is 15.6 Å². The first-order valence-electron chi connectivity index (χ1n) is 6.06. The first-order valence-corrected chi connectivity index (χ1v) is 6.06. The second-order valence-electron chi connectivity index (χ2n) is 5.50. The molecule has 1 atom stereocenters. The molecule has 0 aliphatic heterocycles. The summed E-state index contributed by atoms with van der Waals surface area (Å²) in [5.74, 6) is 0.866. The monoisotopic (exact) mass is 238 g/mol. The molecule has 3 heteroatoms. The highest BCUT2D eigenvalue weighted by molar-refractivity contribution is 5.41. The summed E-state index contributed by atoms with van der Waals surface area (Å²) in [6.07, 6.45) is -0.497. The molecule has 3 nitrogen and oxygen atoms in total. The quantitative estimate of drug-likeness (QED) is 0.830. The summed E-state index contributed by atoms with van der Waals surface area (Å²) in [5.41, 5.74) is 6.03. The third-order valence-electron chi connectivity index (χ3n) is 2.71. The topological polar surface area (TPSA) is 57.1 Å². The number of aliphatic hydroxyl groups excluding tert-OH is 1. The molecule has 0 unspecified atom stereocenters. The SMILES string of the molecule is Cc1ccc(C(C)(C)C)c(OC[C@H](O)C[NH3+])c1. The molecular formula is C14H24NO2+. The minimum atomic E-state index is -0.497. The Bertz CT molecular complexity index is 369. The molecule has 0 saturated heterocycles. The van der Waals surface area contributed by atoms with Crippen LogP contribution in [0.3, 0.4) is 0 Å². The molecule has 0 aliphatic rings. The van der Waals surface area contributed by atoms with Gasteiger partial charge in [0.15, 0.2) is 0 Å². The zero-order valence-electron chi connectivity index (χ0n) is 11.3. The lowest BCUT2D eigenvalue weighted by Crippen LogP contribution is -2.56. The summed E-state index contributed by atoms with van der Waals surface area (Å²) in [4.78, 5) is 0. The minimum absolute atomic E-state index is 0.0401. The Balaban J connectivity index is 2.92. The maximum absolute atomic E-state index is 9.49. The maximum atomic E-state index is 9.49. The number of rotatable bonds is 4. The van der Waals surface area contributed by atoms with Gasteiger partial charge in [-0.25, -0.2) is 0 Å². The lowest BCUT2D eigenvalue weighted by Gasteiger charge is -2.23. The van der Waals surface area contributed by atoms with Crippen molar-refractivity contribution in [1.29, 1.82) is 0 Å². The van der Waals surface area contributed by atoms with Crippen LogP contribution >= 0.6 is 0 Å². The molecule has 0 aromatic heterocycles. The lowest BCUT2D eigenvalue weighted by molar-refractivity contribution is -0.384. The van der Waals surface area contributed by atoms with E-state index in [9.17, 15) is 5.11 Å². The Morgan fingerprint density at radius 3 is 2.53 bits per heavy atom. The molecule has 0 aliphatic carbocycles. The van der Waals surface area contributed by atoms with Crippen LogP contribution in [0.1, 0.15) is 31.9 Å². The molecule has 0 spiro atoms. The summed E-state index contributed by atoms with van der Waals surface area (Å²) in [6.45, 7) is 9.27. The minimum Gasteiger partial charge on any atom is -0.490 e. The highest BCUT2D eigenvalue weighted by Gasteiger charge is 2.19. The molecule has 17 heavy (non-hydrogen) atoms. The van der Waals surface area contributed by atoms with Gasteiger partial charge in [0.2, 0.25) is 0 Å². The van der Waals surface area contributed by atoms with Gasteiger partial charge in [-0.15, -0.1) is 0 Å². The number of ether oxygens (including phenoxy) is 1. The summed E-state index contributed by atoms with van der Waals surface area (Å²) in [5, 5.41) is 9.49. The summed E-state index contributed by atoms with van der Waals surface area (Å²) >= 11 is 0. The second-order valence-corrected chi connectivity index (χ2v) is 5.50. The Morgan fingerprint density at radius 2 is 2.00 bits per heavy atom. The van der Waals surface area contributed by atoms with Crippen LogP contribution in [0.4, 0.5) is 0 Å². The van der Waals surface area contributed by atoms with E-state index in [2.05, 4.69) is 38.6 Å². The van der Waals surface area contributed by atoms with Crippen molar-refractivity contribution >= 4 is 0 Å². The molecule has 0 heterocycles. The number of aryl methyl sites for hydroxylation is 1. The van der Waals surface area contributed by atoms with Crippen LogP contribution in [0.5, 0.6) is 5.75 Å². The summed E-state index contributed by atoms with van der Waals surface area (Å²) in [6, 6.07) is 6.21. The molecule has 1 aromatic carbocycles. The smallest absolute Gasteiger partial charge is 0.136 e. The van der Waals surface area contributed by atoms with E-state index >= 15 is 0 Å². The number of hydrogen-bond acceptors (Lipinski definition) is 2. The number of quaternary nitrogens is 1. The van der Waals surface area contributed by atoms with Gasteiger partial charge in [-0.3, -0.25) is 0 Å². The van der Waals surface area contributed by atoms with E-state index in [0.29, 0.717) is 13.2 Å². The van der Waals surface area contributed by atoms with E-state index in [1.54, 1.807) is 0 Å². The van der Waals surface area contributed by atoms with Crippen molar-refractivity contribution in [3.05, 3.63) is 29.3 Å². The van der Waals surface area contributed by atoms with Crippen molar-refractivity contribution in [2.75, 3.05) is 13.2 Å². The molecule has 0 radical (unpaired) electrons. The van der Waals surface area contributed by atoms with Crippen LogP contribution in [-0.4, -0.2) is 24.4 Å². The number of aliphatic hydroxyl groups is 1. The first-order chi connectivity index (χ1) is 7.84. The third kappa shape index (κ3) is 4.02. The molecule has 96 valence electrons. The van der Waals surface area contributed by atoms with Crippen LogP contribution in [0.15, 0.2) is 18.2 Å². The predicted molar refractivity (Wildman–Crippen MR) is 69.1 cm³/mol. The summed E-state index contributed by atoms with van der Waals surface area (Å²) < 4.78 is 5.71. The van der Waals surface area contributed by atoms with Crippen molar-refractivity contribution in [2.24, 2.45) is 0 Å².